The van der Waals surface area contributed by atoms with Gasteiger partial charge >= 0.3 is 0 Å². The van der Waals surface area contributed by atoms with E-state index in [1.165, 1.54) is 0 Å². The van der Waals surface area contributed by atoms with Gasteiger partial charge in [-0.2, -0.15) is 0 Å². The first-order valence-electron chi connectivity index (χ1n) is 6.78. The summed E-state index contributed by atoms with van der Waals surface area (Å²) < 4.78 is 6.98. The third kappa shape index (κ3) is 2.65. The number of aromatic nitrogens is 3. The van der Waals surface area contributed by atoms with Crippen LogP contribution in [0.1, 0.15) is 22.1 Å². The lowest BCUT2D eigenvalue weighted by Gasteiger charge is -2.07. The summed E-state index contributed by atoms with van der Waals surface area (Å²) in [6.07, 6.45) is 0. The molecule has 6 heteroatoms. The van der Waals surface area contributed by atoms with Crippen molar-refractivity contribution in [2.45, 2.75) is 20.4 Å². The normalized spacial score (nSPS) is 11.0. The predicted octanol–water partition coefficient (Wildman–Crippen LogP) is 2.07. The fourth-order valence-electron chi connectivity index (χ4n) is 2.32. The Morgan fingerprint density at radius 3 is 2.90 bits per heavy atom. The SMILES string of the molecule is Cc1cc(C(=O)NCCn2c(C)nc3ccccc32)no1. The Labute approximate surface area is 121 Å². The molecular weight excluding hydrogens is 268 g/mol. The van der Waals surface area contributed by atoms with Gasteiger partial charge in [-0.1, -0.05) is 17.3 Å². The molecule has 0 fully saturated rings. The summed E-state index contributed by atoms with van der Waals surface area (Å²) in [5.41, 5.74) is 2.34. The van der Waals surface area contributed by atoms with E-state index < -0.39 is 0 Å². The zero-order chi connectivity index (χ0) is 14.8. The van der Waals surface area contributed by atoms with Crippen LogP contribution in [0.4, 0.5) is 0 Å². The van der Waals surface area contributed by atoms with E-state index in [0.717, 1.165) is 16.9 Å². The minimum atomic E-state index is -0.228. The number of imidazole rings is 1. The number of nitrogens with zero attached hydrogens (tertiary/aromatic N) is 3. The lowest BCUT2D eigenvalue weighted by molar-refractivity contribution is 0.0943. The number of hydrogen-bond acceptors (Lipinski definition) is 4. The van der Waals surface area contributed by atoms with E-state index >= 15 is 0 Å². The van der Waals surface area contributed by atoms with Crippen LogP contribution in [0.5, 0.6) is 0 Å². The molecule has 0 radical (unpaired) electrons. The molecule has 108 valence electrons. The van der Waals surface area contributed by atoms with Gasteiger partial charge in [-0.3, -0.25) is 4.79 Å². The largest absolute Gasteiger partial charge is 0.361 e. The first kappa shape index (κ1) is 13.4. The Morgan fingerprint density at radius 1 is 1.33 bits per heavy atom. The predicted molar refractivity (Wildman–Crippen MR) is 78.0 cm³/mol. The third-order valence-corrected chi connectivity index (χ3v) is 3.33. The number of benzene rings is 1. The second-order valence-corrected chi connectivity index (χ2v) is 4.88. The molecule has 0 aliphatic carbocycles. The van der Waals surface area contributed by atoms with E-state index in [2.05, 4.69) is 20.0 Å². The van der Waals surface area contributed by atoms with Crippen molar-refractivity contribution in [3.63, 3.8) is 0 Å². The lowest BCUT2D eigenvalue weighted by atomic mass is 10.3. The minimum Gasteiger partial charge on any atom is -0.361 e. The Bertz CT molecular complexity index is 788. The van der Waals surface area contributed by atoms with Crippen LogP contribution in [0.15, 0.2) is 34.9 Å². The molecule has 0 unspecified atom stereocenters. The van der Waals surface area contributed by atoms with Gasteiger partial charge in [-0.05, 0) is 26.0 Å². The smallest absolute Gasteiger partial charge is 0.273 e. The van der Waals surface area contributed by atoms with Crippen molar-refractivity contribution in [2.24, 2.45) is 0 Å². The van der Waals surface area contributed by atoms with Gasteiger partial charge in [-0.15, -0.1) is 0 Å². The monoisotopic (exact) mass is 284 g/mol. The molecule has 0 saturated heterocycles. The standard InChI is InChI=1S/C15H16N4O2/c1-10-9-13(18-21-10)15(20)16-7-8-19-11(2)17-12-5-3-4-6-14(12)19/h3-6,9H,7-8H2,1-2H3,(H,16,20). The number of hydrogen-bond donors (Lipinski definition) is 1. The molecular formula is C15H16N4O2. The van der Waals surface area contributed by atoms with Crippen molar-refractivity contribution in [3.05, 3.63) is 47.6 Å². The Balaban J connectivity index is 1.67. The van der Waals surface area contributed by atoms with E-state index in [1.54, 1.807) is 13.0 Å². The summed E-state index contributed by atoms with van der Waals surface area (Å²) in [6.45, 7) is 4.88. The number of nitrogens with one attached hydrogen (secondary N) is 1. The molecule has 1 aromatic carbocycles. The highest BCUT2D eigenvalue weighted by molar-refractivity contribution is 5.92. The van der Waals surface area contributed by atoms with E-state index in [0.29, 0.717) is 24.5 Å². The number of carbonyl (C=O) groups is 1. The number of carbonyl (C=O) groups excluding carboxylic acids is 1. The summed E-state index contributed by atoms with van der Waals surface area (Å²) in [5.74, 6) is 1.33. The summed E-state index contributed by atoms with van der Waals surface area (Å²) >= 11 is 0. The van der Waals surface area contributed by atoms with Gasteiger partial charge in [-0.25, -0.2) is 4.98 Å². The van der Waals surface area contributed by atoms with Crippen LogP contribution in [-0.4, -0.2) is 27.2 Å². The van der Waals surface area contributed by atoms with Gasteiger partial charge in [0.05, 0.1) is 11.0 Å². The number of fused-ring (bicyclic) bond motifs is 1. The first-order valence-corrected chi connectivity index (χ1v) is 6.78. The minimum absolute atomic E-state index is 0.228. The van der Waals surface area contributed by atoms with Crippen LogP contribution < -0.4 is 5.32 Å². The van der Waals surface area contributed by atoms with Crippen LogP contribution in [0.3, 0.4) is 0 Å². The van der Waals surface area contributed by atoms with Crippen LogP contribution >= 0.6 is 0 Å². The van der Waals surface area contributed by atoms with Gasteiger partial charge < -0.3 is 14.4 Å². The Morgan fingerprint density at radius 2 is 2.14 bits per heavy atom. The topological polar surface area (TPSA) is 73.0 Å². The molecule has 6 nitrogen and oxygen atoms in total. The van der Waals surface area contributed by atoms with E-state index in [1.807, 2.05) is 31.2 Å². The number of amides is 1. The highest BCUT2D eigenvalue weighted by Gasteiger charge is 2.11. The van der Waals surface area contributed by atoms with Crippen LogP contribution in [0.25, 0.3) is 11.0 Å². The Hall–Kier alpha value is -2.63. The highest BCUT2D eigenvalue weighted by Crippen LogP contribution is 2.14. The summed E-state index contributed by atoms with van der Waals surface area (Å²) in [4.78, 5) is 16.4. The lowest BCUT2D eigenvalue weighted by Crippen LogP contribution is -2.27. The molecule has 0 spiro atoms. The molecule has 2 heterocycles. The molecule has 2 aromatic heterocycles. The van der Waals surface area contributed by atoms with Crippen LogP contribution in [0.2, 0.25) is 0 Å². The quantitative estimate of drug-likeness (QED) is 0.796. The maximum absolute atomic E-state index is 11.9. The molecule has 0 bridgehead atoms. The maximum Gasteiger partial charge on any atom is 0.273 e. The van der Waals surface area contributed by atoms with Crippen molar-refractivity contribution in [3.8, 4) is 0 Å². The zero-order valence-corrected chi connectivity index (χ0v) is 12.0. The summed E-state index contributed by atoms with van der Waals surface area (Å²) in [5, 5.41) is 6.53. The third-order valence-electron chi connectivity index (χ3n) is 3.33. The first-order chi connectivity index (χ1) is 10.1. The fraction of sp³-hybridized carbons (Fsp3) is 0.267. The van der Waals surface area contributed by atoms with Crippen LogP contribution in [0, 0.1) is 13.8 Å². The van der Waals surface area contributed by atoms with Gasteiger partial charge in [0, 0.05) is 19.2 Å². The summed E-state index contributed by atoms with van der Waals surface area (Å²) in [7, 11) is 0. The molecule has 1 N–H and O–H groups in total. The van der Waals surface area contributed by atoms with Crippen molar-refractivity contribution in [1.82, 2.24) is 20.0 Å². The van der Waals surface area contributed by atoms with Crippen LogP contribution in [-0.2, 0) is 6.54 Å². The molecule has 0 saturated carbocycles. The number of para-hydroxylation sites is 2. The average molecular weight is 284 g/mol. The molecule has 3 rings (SSSR count). The average Bonchev–Trinajstić information content (AvgIpc) is 3.03. The van der Waals surface area contributed by atoms with Gasteiger partial charge in [0.15, 0.2) is 5.69 Å². The van der Waals surface area contributed by atoms with Gasteiger partial charge in [0.2, 0.25) is 0 Å². The molecule has 0 aliphatic heterocycles. The van der Waals surface area contributed by atoms with Crippen molar-refractivity contribution in [2.75, 3.05) is 6.54 Å². The molecule has 1 amide bonds. The number of rotatable bonds is 4. The highest BCUT2D eigenvalue weighted by atomic mass is 16.5. The summed E-state index contributed by atoms with van der Waals surface area (Å²) in [6, 6.07) is 9.57. The molecule has 0 atom stereocenters. The van der Waals surface area contributed by atoms with Gasteiger partial charge in [0.1, 0.15) is 11.6 Å². The maximum atomic E-state index is 11.9. The molecule has 0 aliphatic rings. The van der Waals surface area contributed by atoms with E-state index in [9.17, 15) is 4.79 Å². The van der Waals surface area contributed by atoms with Crippen molar-refractivity contribution >= 4 is 16.9 Å². The van der Waals surface area contributed by atoms with Gasteiger partial charge in [0.25, 0.3) is 5.91 Å². The molecule has 3 aromatic rings. The second kappa shape index (κ2) is 5.40. The fourth-order valence-corrected chi connectivity index (χ4v) is 2.32. The van der Waals surface area contributed by atoms with Crippen molar-refractivity contribution in [1.29, 1.82) is 0 Å². The van der Waals surface area contributed by atoms with Crippen molar-refractivity contribution < 1.29 is 9.32 Å². The zero-order valence-electron chi connectivity index (χ0n) is 12.0. The number of aryl methyl sites for hydroxylation is 2. The molecule has 21 heavy (non-hydrogen) atoms. The Kier molecular flexibility index (Phi) is 3.43. The van der Waals surface area contributed by atoms with E-state index in [4.69, 9.17) is 4.52 Å². The van der Waals surface area contributed by atoms with E-state index in [-0.39, 0.29) is 5.91 Å². The second-order valence-electron chi connectivity index (χ2n) is 4.88.